The molecule has 172 valence electrons. The van der Waals surface area contributed by atoms with Gasteiger partial charge in [-0.1, -0.05) is 12.1 Å². The van der Waals surface area contributed by atoms with E-state index in [0.29, 0.717) is 27.9 Å². The van der Waals surface area contributed by atoms with Crippen molar-refractivity contribution in [3.8, 4) is 0 Å². The molecule has 0 bridgehead atoms. The van der Waals surface area contributed by atoms with Crippen LogP contribution in [0.2, 0.25) is 0 Å². The van der Waals surface area contributed by atoms with Gasteiger partial charge in [0.1, 0.15) is 22.9 Å². The van der Waals surface area contributed by atoms with Gasteiger partial charge in [0, 0.05) is 17.6 Å². The number of anilines is 1. The molecule has 1 amide bonds. The minimum atomic E-state index is -4.54. The van der Waals surface area contributed by atoms with E-state index >= 15 is 0 Å². The molecule has 5 aromatic rings. The van der Waals surface area contributed by atoms with Gasteiger partial charge in [0.2, 0.25) is 0 Å². The number of carbonyl (C=O) groups excluding carboxylic acids is 1. The van der Waals surface area contributed by atoms with Gasteiger partial charge in [-0.05, 0) is 37.3 Å². The Hall–Kier alpha value is -4.28. The first-order valence-corrected chi connectivity index (χ1v) is 10.1. The number of imidazole rings is 1. The molecule has 0 unspecified atom stereocenters. The Balaban J connectivity index is 1.48. The van der Waals surface area contributed by atoms with E-state index < -0.39 is 23.6 Å². The Kier molecular flexibility index (Phi) is 5.03. The topological polar surface area (TPSA) is 77.1 Å². The molecule has 1 N–H and O–H groups in total. The van der Waals surface area contributed by atoms with E-state index in [-0.39, 0.29) is 17.9 Å². The van der Waals surface area contributed by atoms with Gasteiger partial charge in [-0.2, -0.15) is 18.3 Å². The Morgan fingerprint density at radius 1 is 1.12 bits per heavy atom. The third kappa shape index (κ3) is 3.85. The maximum atomic E-state index is 13.4. The number of amides is 1. The second-order valence-corrected chi connectivity index (χ2v) is 7.63. The van der Waals surface area contributed by atoms with Crippen LogP contribution >= 0.6 is 0 Å². The van der Waals surface area contributed by atoms with Crippen LogP contribution in [0.1, 0.15) is 27.6 Å². The summed E-state index contributed by atoms with van der Waals surface area (Å²) in [6, 6.07) is 11.3. The molecule has 4 aromatic heterocycles. The van der Waals surface area contributed by atoms with E-state index in [9.17, 15) is 22.4 Å². The van der Waals surface area contributed by atoms with Crippen molar-refractivity contribution in [2.24, 2.45) is 0 Å². The molecule has 34 heavy (non-hydrogen) atoms. The summed E-state index contributed by atoms with van der Waals surface area (Å²) in [5.74, 6) is -0.925. The van der Waals surface area contributed by atoms with Crippen LogP contribution in [0.25, 0.3) is 16.6 Å². The second kappa shape index (κ2) is 7.94. The highest BCUT2D eigenvalue weighted by atomic mass is 19.4. The lowest BCUT2D eigenvalue weighted by atomic mass is 10.1. The first-order valence-electron chi connectivity index (χ1n) is 10.1. The number of aryl methyl sites for hydroxylation is 1. The predicted octanol–water partition coefficient (Wildman–Crippen LogP) is 4.85. The van der Waals surface area contributed by atoms with E-state index in [1.807, 2.05) is 0 Å². The van der Waals surface area contributed by atoms with Crippen LogP contribution in [-0.2, 0) is 12.7 Å². The Labute approximate surface area is 189 Å². The zero-order chi connectivity index (χ0) is 24.0. The van der Waals surface area contributed by atoms with Crippen molar-refractivity contribution < 1.29 is 22.4 Å². The number of pyridine rings is 2. The molecule has 0 spiro atoms. The molecular weight excluding hydrogens is 452 g/mol. The first kappa shape index (κ1) is 21.6. The lowest BCUT2D eigenvalue weighted by Crippen LogP contribution is -2.14. The van der Waals surface area contributed by atoms with E-state index in [1.165, 1.54) is 41.1 Å². The van der Waals surface area contributed by atoms with Crippen LogP contribution in [0.3, 0.4) is 0 Å². The highest BCUT2D eigenvalue weighted by Gasteiger charge is 2.32. The van der Waals surface area contributed by atoms with Crippen LogP contribution in [0.15, 0.2) is 60.9 Å². The molecule has 0 atom stereocenters. The summed E-state index contributed by atoms with van der Waals surface area (Å²) in [4.78, 5) is 20.7. The Morgan fingerprint density at radius 2 is 1.91 bits per heavy atom. The number of aromatic nitrogens is 5. The standard InChI is InChI=1S/C23H16F4N6O/c1-13-21-16(30-22(34)18-11-28-20-10-14(24)8-9-32(18)20)5-3-6-17(21)33(31-13)12-15-4-2-7-19(29-15)23(25,26)27/h2-11H,12H2,1H3,(H,30,34). The van der Waals surface area contributed by atoms with Gasteiger partial charge in [-0.15, -0.1) is 0 Å². The zero-order valence-electron chi connectivity index (χ0n) is 17.6. The molecule has 0 fully saturated rings. The number of nitrogens with zero attached hydrogens (tertiary/aromatic N) is 5. The van der Waals surface area contributed by atoms with Gasteiger partial charge < -0.3 is 5.32 Å². The van der Waals surface area contributed by atoms with Gasteiger partial charge in [0.15, 0.2) is 0 Å². The fraction of sp³-hybridized carbons (Fsp3) is 0.130. The van der Waals surface area contributed by atoms with Crippen molar-refractivity contribution >= 4 is 28.1 Å². The number of fused-ring (bicyclic) bond motifs is 2. The lowest BCUT2D eigenvalue weighted by molar-refractivity contribution is -0.141. The van der Waals surface area contributed by atoms with Crippen molar-refractivity contribution in [2.75, 3.05) is 5.32 Å². The molecule has 0 aliphatic heterocycles. The monoisotopic (exact) mass is 468 g/mol. The highest BCUT2D eigenvalue weighted by molar-refractivity contribution is 6.08. The molecule has 11 heteroatoms. The Bertz CT molecular complexity index is 1550. The van der Waals surface area contributed by atoms with Crippen molar-refractivity contribution in [2.45, 2.75) is 19.6 Å². The zero-order valence-corrected chi connectivity index (χ0v) is 17.6. The van der Waals surface area contributed by atoms with Gasteiger partial charge in [0.25, 0.3) is 5.91 Å². The van der Waals surface area contributed by atoms with E-state index in [4.69, 9.17) is 0 Å². The number of benzene rings is 1. The maximum absolute atomic E-state index is 13.4. The van der Waals surface area contributed by atoms with Crippen LogP contribution in [-0.4, -0.2) is 30.1 Å². The molecule has 4 heterocycles. The average Bonchev–Trinajstić information content (AvgIpc) is 3.34. The predicted molar refractivity (Wildman–Crippen MR) is 116 cm³/mol. The molecule has 0 aliphatic rings. The average molecular weight is 468 g/mol. The summed E-state index contributed by atoms with van der Waals surface area (Å²) < 4.78 is 55.5. The highest BCUT2D eigenvalue weighted by Crippen LogP contribution is 2.29. The third-order valence-electron chi connectivity index (χ3n) is 5.32. The second-order valence-electron chi connectivity index (χ2n) is 7.63. The van der Waals surface area contributed by atoms with Crippen LogP contribution in [0, 0.1) is 12.7 Å². The summed E-state index contributed by atoms with van der Waals surface area (Å²) >= 11 is 0. The van der Waals surface area contributed by atoms with Crippen LogP contribution in [0.4, 0.5) is 23.2 Å². The molecule has 0 saturated heterocycles. The fourth-order valence-corrected chi connectivity index (χ4v) is 3.83. The molecule has 1 aromatic carbocycles. The van der Waals surface area contributed by atoms with Gasteiger partial charge in [-0.3, -0.25) is 13.9 Å². The number of halogens is 4. The molecule has 0 saturated carbocycles. The number of hydrogen-bond acceptors (Lipinski definition) is 4. The number of carbonyl (C=O) groups is 1. The van der Waals surface area contributed by atoms with E-state index in [1.54, 1.807) is 29.8 Å². The summed E-state index contributed by atoms with van der Waals surface area (Å²) in [5, 5.41) is 7.92. The van der Waals surface area contributed by atoms with Crippen molar-refractivity contribution in [3.05, 3.63) is 89.5 Å². The van der Waals surface area contributed by atoms with E-state index in [0.717, 1.165) is 6.07 Å². The largest absolute Gasteiger partial charge is 0.433 e. The number of hydrogen-bond donors (Lipinski definition) is 1. The SMILES string of the molecule is Cc1nn(Cc2cccc(C(F)(F)F)n2)c2cccc(NC(=O)c3cnc4cc(F)ccn34)c12. The van der Waals surface area contributed by atoms with Crippen LogP contribution < -0.4 is 5.32 Å². The van der Waals surface area contributed by atoms with Gasteiger partial charge >= 0.3 is 6.18 Å². The lowest BCUT2D eigenvalue weighted by Gasteiger charge is -2.09. The number of nitrogens with one attached hydrogen (secondary N) is 1. The van der Waals surface area contributed by atoms with Gasteiger partial charge in [0.05, 0.1) is 35.3 Å². The smallest absolute Gasteiger partial charge is 0.320 e. The number of rotatable bonds is 4. The quantitative estimate of drug-likeness (QED) is 0.383. The minimum absolute atomic E-state index is 0.0183. The summed E-state index contributed by atoms with van der Waals surface area (Å²) in [7, 11) is 0. The van der Waals surface area contributed by atoms with Crippen molar-refractivity contribution in [1.29, 1.82) is 0 Å². The molecular formula is C23H16F4N6O. The van der Waals surface area contributed by atoms with Crippen molar-refractivity contribution in [1.82, 2.24) is 24.1 Å². The normalized spacial score (nSPS) is 11.9. The summed E-state index contributed by atoms with van der Waals surface area (Å²) in [6.07, 6.45) is -1.78. The fourth-order valence-electron chi connectivity index (χ4n) is 3.83. The number of alkyl halides is 3. The molecule has 0 radical (unpaired) electrons. The summed E-state index contributed by atoms with van der Waals surface area (Å²) in [6.45, 7) is 1.76. The van der Waals surface area contributed by atoms with Crippen molar-refractivity contribution in [3.63, 3.8) is 0 Å². The first-order chi connectivity index (χ1) is 16.2. The molecule has 7 nitrogen and oxygen atoms in total. The Morgan fingerprint density at radius 3 is 2.71 bits per heavy atom. The molecule has 5 rings (SSSR count). The third-order valence-corrected chi connectivity index (χ3v) is 5.32. The summed E-state index contributed by atoms with van der Waals surface area (Å²) in [5.41, 5.74) is 1.41. The van der Waals surface area contributed by atoms with E-state index in [2.05, 4.69) is 20.4 Å². The molecule has 0 aliphatic carbocycles. The minimum Gasteiger partial charge on any atom is -0.320 e. The van der Waals surface area contributed by atoms with Crippen LogP contribution in [0.5, 0.6) is 0 Å². The maximum Gasteiger partial charge on any atom is 0.433 e. The van der Waals surface area contributed by atoms with Gasteiger partial charge in [-0.25, -0.2) is 14.4 Å².